The summed E-state index contributed by atoms with van der Waals surface area (Å²) in [5.41, 5.74) is 3.03. The van der Waals surface area contributed by atoms with Gasteiger partial charge in [0.05, 0.1) is 5.56 Å². The molecule has 0 saturated carbocycles. The highest BCUT2D eigenvalue weighted by atomic mass is 19.1. The molecule has 0 spiro atoms. The minimum atomic E-state index is -0.699. The number of hydrogen-bond donors (Lipinski definition) is 0. The summed E-state index contributed by atoms with van der Waals surface area (Å²) in [6, 6.07) is 11.2. The van der Waals surface area contributed by atoms with E-state index in [9.17, 15) is 9.18 Å². The van der Waals surface area contributed by atoms with Gasteiger partial charge in [0.15, 0.2) is 6.10 Å². The second-order valence-corrected chi connectivity index (χ2v) is 5.88. The highest BCUT2D eigenvalue weighted by Crippen LogP contribution is 2.23. The molecule has 1 heterocycles. The van der Waals surface area contributed by atoms with E-state index in [4.69, 9.17) is 9.15 Å². The van der Waals surface area contributed by atoms with Crippen molar-refractivity contribution in [1.29, 1.82) is 0 Å². The average Bonchev–Trinajstić information content (AvgIpc) is 3.04. The molecule has 2 aromatic carbocycles. The summed E-state index contributed by atoms with van der Waals surface area (Å²) in [6.45, 7) is 5.49. The summed E-state index contributed by atoms with van der Waals surface area (Å²) >= 11 is 0. The molecule has 0 N–H and O–H groups in total. The van der Waals surface area contributed by atoms with Crippen LogP contribution in [0.25, 0.3) is 11.5 Å². The molecule has 5 nitrogen and oxygen atoms in total. The van der Waals surface area contributed by atoms with Gasteiger partial charge < -0.3 is 9.15 Å². The Labute approximate surface area is 144 Å². The van der Waals surface area contributed by atoms with Gasteiger partial charge >= 0.3 is 5.97 Å². The Balaban J connectivity index is 1.74. The molecule has 0 radical (unpaired) electrons. The van der Waals surface area contributed by atoms with Gasteiger partial charge in [-0.15, -0.1) is 10.2 Å². The van der Waals surface area contributed by atoms with Crippen molar-refractivity contribution in [1.82, 2.24) is 10.2 Å². The summed E-state index contributed by atoms with van der Waals surface area (Å²) in [5, 5.41) is 7.82. The van der Waals surface area contributed by atoms with Crippen LogP contribution < -0.4 is 0 Å². The monoisotopic (exact) mass is 340 g/mol. The van der Waals surface area contributed by atoms with E-state index in [1.54, 1.807) is 31.2 Å². The number of esters is 1. The number of halogens is 1. The predicted molar refractivity (Wildman–Crippen MR) is 89.4 cm³/mol. The van der Waals surface area contributed by atoms with Gasteiger partial charge in [0.25, 0.3) is 5.89 Å². The third-order valence-corrected chi connectivity index (χ3v) is 3.62. The molecule has 0 unspecified atom stereocenters. The van der Waals surface area contributed by atoms with Gasteiger partial charge in [-0.05, 0) is 57.2 Å². The molecule has 0 saturated heterocycles. The number of nitrogens with zero attached hydrogens (tertiary/aromatic N) is 2. The second kappa shape index (κ2) is 6.84. The van der Waals surface area contributed by atoms with E-state index < -0.39 is 12.1 Å². The molecule has 1 aromatic heterocycles. The van der Waals surface area contributed by atoms with Gasteiger partial charge in [-0.1, -0.05) is 17.2 Å². The van der Waals surface area contributed by atoms with E-state index in [-0.39, 0.29) is 17.6 Å². The fraction of sp³-hybridized carbons (Fsp3) is 0.211. The molecule has 3 rings (SSSR count). The smallest absolute Gasteiger partial charge is 0.338 e. The normalized spacial score (nSPS) is 12.0. The molecule has 6 heteroatoms. The molecule has 128 valence electrons. The fourth-order valence-corrected chi connectivity index (χ4v) is 2.48. The minimum Gasteiger partial charge on any atom is -0.449 e. The van der Waals surface area contributed by atoms with Crippen molar-refractivity contribution in [3.63, 3.8) is 0 Å². The predicted octanol–water partition coefficient (Wildman–Crippen LogP) is 4.41. The van der Waals surface area contributed by atoms with E-state index in [1.165, 1.54) is 12.1 Å². The van der Waals surface area contributed by atoms with Crippen LogP contribution in [0.2, 0.25) is 0 Å². The van der Waals surface area contributed by atoms with Gasteiger partial charge in [0.1, 0.15) is 5.82 Å². The van der Waals surface area contributed by atoms with Crippen LogP contribution in [0.4, 0.5) is 4.39 Å². The molecule has 0 aliphatic rings. The van der Waals surface area contributed by atoms with Crippen molar-refractivity contribution in [3.8, 4) is 11.5 Å². The number of benzene rings is 2. The quantitative estimate of drug-likeness (QED) is 0.658. The van der Waals surface area contributed by atoms with E-state index in [0.29, 0.717) is 11.1 Å². The Kier molecular flexibility index (Phi) is 4.61. The maximum atomic E-state index is 13.0. The van der Waals surface area contributed by atoms with Crippen molar-refractivity contribution in [2.24, 2.45) is 0 Å². The fourth-order valence-electron chi connectivity index (χ4n) is 2.48. The maximum absolute atomic E-state index is 13.0. The third kappa shape index (κ3) is 3.91. The lowest BCUT2D eigenvalue weighted by Gasteiger charge is -2.10. The number of rotatable bonds is 4. The van der Waals surface area contributed by atoms with E-state index >= 15 is 0 Å². The molecule has 3 aromatic rings. The SMILES string of the molecule is Cc1cc(C)cc(C(=O)O[C@H](C)c2nnc(-c3ccc(F)cc3)o2)c1. The van der Waals surface area contributed by atoms with Crippen molar-refractivity contribution < 1.29 is 18.3 Å². The van der Waals surface area contributed by atoms with Gasteiger partial charge in [-0.2, -0.15) is 0 Å². The standard InChI is InChI=1S/C19H17FN2O3/c1-11-8-12(2)10-15(9-11)19(23)24-13(3)17-21-22-18(25-17)14-4-6-16(20)7-5-14/h4-10,13H,1-3H3/t13-/m1/s1. The number of aryl methyl sites for hydroxylation is 2. The number of carbonyl (C=O) groups is 1. The number of ether oxygens (including phenoxy) is 1. The van der Waals surface area contributed by atoms with Crippen LogP contribution in [-0.4, -0.2) is 16.2 Å². The van der Waals surface area contributed by atoms with Crippen LogP contribution in [-0.2, 0) is 4.74 Å². The molecule has 0 bridgehead atoms. The molecule has 0 amide bonds. The number of hydrogen-bond acceptors (Lipinski definition) is 5. The minimum absolute atomic E-state index is 0.178. The molecule has 25 heavy (non-hydrogen) atoms. The van der Waals surface area contributed by atoms with Crippen LogP contribution >= 0.6 is 0 Å². The summed E-state index contributed by atoms with van der Waals surface area (Å²) in [6.07, 6.45) is -0.699. The Bertz CT molecular complexity index is 883. The van der Waals surface area contributed by atoms with Crippen molar-refractivity contribution in [2.45, 2.75) is 26.9 Å². The van der Waals surface area contributed by atoms with Crippen LogP contribution in [0.3, 0.4) is 0 Å². The Morgan fingerprint density at radius 1 is 1.08 bits per heavy atom. The zero-order valence-electron chi connectivity index (χ0n) is 14.1. The topological polar surface area (TPSA) is 65.2 Å². The largest absolute Gasteiger partial charge is 0.449 e. The number of aromatic nitrogens is 2. The third-order valence-electron chi connectivity index (χ3n) is 3.62. The molecular weight excluding hydrogens is 323 g/mol. The van der Waals surface area contributed by atoms with Crippen LogP contribution in [0, 0.1) is 19.7 Å². The summed E-state index contributed by atoms with van der Waals surface area (Å²) in [5.74, 6) is -0.388. The highest BCUT2D eigenvalue weighted by Gasteiger charge is 2.20. The first-order valence-electron chi connectivity index (χ1n) is 7.81. The Hall–Kier alpha value is -3.02. The van der Waals surface area contributed by atoms with Crippen LogP contribution in [0.15, 0.2) is 46.9 Å². The zero-order chi connectivity index (χ0) is 18.0. The highest BCUT2D eigenvalue weighted by molar-refractivity contribution is 5.90. The van der Waals surface area contributed by atoms with Crippen molar-refractivity contribution in [2.75, 3.05) is 0 Å². The van der Waals surface area contributed by atoms with Gasteiger partial charge in [0.2, 0.25) is 5.89 Å². The Morgan fingerprint density at radius 2 is 1.72 bits per heavy atom. The first-order valence-corrected chi connectivity index (χ1v) is 7.81. The van der Waals surface area contributed by atoms with Crippen molar-refractivity contribution in [3.05, 3.63) is 70.9 Å². The van der Waals surface area contributed by atoms with Crippen molar-refractivity contribution >= 4 is 5.97 Å². The Morgan fingerprint density at radius 3 is 2.36 bits per heavy atom. The van der Waals surface area contributed by atoms with Gasteiger partial charge in [-0.3, -0.25) is 0 Å². The van der Waals surface area contributed by atoms with Crippen LogP contribution in [0.1, 0.15) is 40.4 Å². The molecule has 0 aliphatic heterocycles. The number of carbonyl (C=O) groups excluding carboxylic acids is 1. The summed E-state index contributed by atoms with van der Waals surface area (Å²) in [7, 11) is 0. The molecule has 0 fully saturated rings. The van der Waals surface area contributed by atoms with E-state index in [1.807, 2.05) is 19.9 Å². The average molecular weight is 340 g/mol. The first-order chi connectivity index (χ1) is 11.9. The second-order valence-electron chi connectivity index (χ2n) is 5.88. The molecule has 1 atom stereocenters. The lowest BCUT2D eigenvalue weighted by atomic mass is 10.1. The van der Waals surface area contributed by atoms with Gasteiger partial charge in [0, 0.05) is 5.56 Å². The van der Waals surface area contributed by atoms with E-state index in [0.717, 1.165) is 11.1 Å². The maximum Gasteiger partial charge on any atom is 0.338 e. The van der Waals surface area contributed by atoms with Crippen LogP contribution in [0.5, 0.6) is 0 Å². The summed E-state index contributed by atoms with van der Waals surface area (Å²) < 4.78 is 23.9. The lowest BCUT2D eigenvalue weighted by Crippen LogP contribution is -2.10. The summed E-state index contributed by atoms with van der Waals surface area (Å²) in [4.78, 5) is 12.3. The molecular formula is C19H17FN2O3. The van der Waals surface area contributed by atoms with Gasteiger partial charge in [-0.25, -0.2) is 9.18 Å². The zero-order valence-corrected chi connectivity index (χ0v) is 14.1. The van der Waals surface area contributed by atoms with E-state index in [2.05, 4.69) is 10.2 Å². The molecule has 0 aliphatic carbocycles. The first kappa shape index (κ1) is 16.8. The lowest BCUT2D eigenvalue weighted by molar-refractivity contribution is 0.0279.